The summed E-state index contributed by atoms with van der Waals surface area (Å²) in [6, 6.07) is 10.0. The van der Waals surface area contributed by atoms with Crippen molar-refractivity contribution in [2.45, 2.75) is 59.0 Å². The van der Waals surface area contributed by atoms with E-state index in [0.717, 1.165) is 0 Å². The standard InChI is InChI=1S/C16H25N/c1-5-8-12(2)17-15-14-10-7-6-9-13(14)11-16(15,3)4/h6-7,9-10,12,15,17H,5,8,11H2,1-4H3. The van der Waals surface area contributed by atoms with E-state index in [0.29, 0.717) is 17.5 Å². The molecule has 2 unspecified atom stereocenters. The van der Waals surface area contributed by atoms with E-state index in [-0.39, 0.29) is 0 Å². The van der Waals surface area contributed by atoms with Gasteiger partial charge in [0.05, 0.1) is 0 Å². The lowest BCUT2D eigenvalue weighted by molar-refractivity contribution is 0.247. The van der Waals surface area contributed by atoms with Crippen molar-refractivity contribution in [1.29, 1.82) is 0 Å². The van der Waals surface area contributed by atoms with Gasteiger partial charge in [-0.3, -0.25) is 0 Å². The molecule has 0 spiro atoms. The van der Waals surface area contributed by atoms with Crippen LogP contribution in [0.3, 0.4) is 0 Å². The molecule has 0 aliphatic heterocycles. The van der Waals surface area contributed by atoms with Crippen molar-refractivity contribution in [2.24, 2.45) is 5.41 Å². The van der Waals surface area contributed by atoms with Gasteiger partial charge in [-0.1, -0.05) is 51.5 Å². The Balaban J connectivity index is 2.19. The molecule has 0 fully saturated rings. The molecule has 94 valence electrons. The fraction of sp³-hybridized carbons (Fsp3) is 0.625. The SMILES string of the molecule is CCCC(C)NC1c2ccccc2CC1(C)C. The summed E-state index contributed by atoms with van der Waals surface area (Å²) in [6.45, 7) is 9.32. The summed E-state index contributed by atoms with van der Waals surface area (Å²) in [7, 11) is 0. The second-order valence-electron chi connectivity index (χ2n) is 6.15. The van der Waals surface area contributed by atoms with Crippen molar-refractivity contribution in [2.75, 3.05) is 0 Å². The third-order valence-corrected chi connectivity index (χ3v) is 3.97. The quantitative estimate of drug-likeness (QED) is 0.823. The first-order chi connectivity index (χ1) is 8.04. The summed E-state index contributed by atoms with van der Waals surface area (Å²) in [5, 5.41) is 3.83. The van der Waals surface area contributed by atoms with E-state index in [1.54, 1.807) is 0 Å². The summed E-state index contributed by atoms with van der Waals surface area (Å²) in [4.78, 5) is 0. The molecule has 0 heterocycles. The first kappa shape index (κ1) is 12.6. The second kappa shape index (κ2) is 4.81. The number of benzene rings is 1. The van der Waals surface area contributed by atoms with Crippen LogP contribution in [-0.4, -0.2) is 6.04 Å². The molecule has 0 bridgehead atoms. The van der Waals surface area contributed by atoms with Gasteiger partial charge < -0.3 is 5.32 Å². The van der Waals surface area contributed by atoms with E-state index < -0.39 is 0 Å². The number of rotatable bonds is 4. The van der Waals surface area contributed by atoms with Crippen LogP contribution in [-0.2, 0) is 6.42 Å². The summed E-state index contributed by atoms with van der Waals surface area (Å²) >= 11 is 0. The van der Waals surface area contributed by atoms with E-state index in [1.807, 2.05) is 0 Å². The minimum atomic E-state index is 0.339. The molecule has 1 N–H and O–H groups in total. The third-order valence-electron chi connectivity index (χ3n) is 3.97. The van der Waals surface area contributed by atoms with Crippen LogP contribution in [0.2, 0.25) is 0 Å². The highest BCUT2D eigenvalue weighted by molar-refractivity contribution is 5.37. The Labute approximate surface area is 106 Å². The zero-order chi connectivity index (χ0) is 12.5. The van der Waals surface area contributed by atoms with Gasteiger partial charge in [0.25, 0.3) is 0 Å². The van der Waals surface area contributed by atoms with Crippen LogP contribution in [0.4, 0.5) is 0 Å². The summed E-state index contributed by atoms with van der Waals surface area (Å²) in [6.07, 6.45) is 3.71. The molecule has 2 rings (SSSR count). The highest BCUT2D eigenvalue weighted by atomic mass is 15.0. The Bertz CT molecular complexity index is 381. The predicted octanol–water partition coefficient (Wildman–Crippen LogP) is 4.09. The molecular formula is C16H25N. The van der Waals surface area contributed by atoms with E-state index in [2.05, 4.69) is 57.3 Å². The summed E-state index contributed by atoms with van der Waals surface area (Å²) < 4.78 is 0. The van der Waals surface area contributed by atoms with Crippen LogP contribution in [0.5, 0.6) is 0 Å². The molecule has 1 aromatic carbocycles. The van der Waals surface area contributed by atoms with Gasteiger partial charge in [0.2, 0.25) is 0 Å². The molecule has 0 saturated heterocycles. The van der Waals surface area contributed by atoms with Crippen LogP contribution in [0.15, 0.2) is 24.3 Å². The first-order valence-electron chi connectivity index (χ1n) is 6.88. The van der Waals surface area contributed by atoms with Crippen molar-refractivity contribution < 1.29 is 0 Å². The van der Waals surface area contributed by atoms with Gasteiger partial charge in [-0.25, -0.2) is 0 Å². The molecule has 1 aliphatic carbocycles. The Hall–Kier alpha value is -0.820. The molecule has 0 aromatic heterocycles. The van der Waals surface area contributed by atoms with Crippen LogP contribution >= 0.6 is 0 Å². The Morgan fingerprint density at radius 2 is 2.06 bits per heavy atom. The Morgan fingerprint density at radius 1 is 1.35 bits per heavy atom. The van der Waals surface area contributed by atoms with Crippen LogP contribution in [0.25, 0.3) is 0 Å². The number of fused-ring (bicyclic) bond motifs is 1. The molecule has 1 nitrogen and oxygen atoms in total. The zero-order valence-electron chi connectivity index (χ0n) is 11.6. The van der Waals surface area contributed by atoms with Gasteiger partial charge in [-0.2, -0.15) is 0 Å². The molecule has 0 radical (unpaired) electrons. The molecular weight excluding hydrogens is 206 g/mol. The maximum absolute atomic E-state index is 3.83. The highest BCUT2D eigenvalue weighted by Gasteiger charge is 2.38. The van der Waals surface area contributed by atoms with Gasteiger partial charge in [-0.15, -0.1) is 0 Å². The smallest absolute Gasteiger partial charge is 0.0379 e. The van der Waals surface area contributed by atoms with Gasteiger partial charge in [-0.05, 0) is 36.3 Å². The zero-order valence-corrected chi connectivity index (χ0v) is 11.6. The normalized spacial score (nSPS) is 23.4. The van der Waals surface area contributed by atoms with Crippen LogP contribution < -0.4 is 5.32 Å². The van der Waals surface area contributed by atoms with Crippen molar-refractivity contribution in [3.05, 3.63) is 35.4 Å². The van der Waals surface area contributed by atoms with Crippen molar-refractivity contribution in [3.63, 3.8) is 0 Å². The van der Waals surface area contributed by atoms with E-state index in [1.165, 1.54) is 30.4 Å². The van der Waals surface area contributed by atoms with Gasteiger partial charge in [0.15, 0.2) is 0 Å². The fourth-order valence-electron chi connectivity index (χ4n) is 3.11. The molecule has 1 aliphatic rings. The van der Waals surface area contributed by atoms with Crippen molar-refractivity contribution in [3.8, 4) is 0 Å². The maximum Gasteiger partial charge on any atom is 0.0379 e. The average Bonchev–Trinajstić information content (AvgIpc) is 2.51. The van der Waals surface area contributed by atoms with E-state index in [4.69, 9.17) is 0 Å². The lowest BCUT2D eigenvalue weighted by Crippen LogP contribution is -2.36. The molecule has 0 saturated carbocycles. The van der Waals surface area contributed by atoms with Gasteiger partial charge in [0, 0.05) is 12.1 Å². The summed E-state index contributed by atoms with van der Waals surface area (Å²) in [5.74, 6) is 0. The van der Waals surface area contributed by atoms with Crippen LogP contribution in [0.1, 0.15) is 57.7 Å². The number of hydrogen-bond donors (Lipinski definition) is 1. The largest absolute Gasteiger partial charge is 0.307 e. The predicted molar refractivity (Wildman–Crippen MR) is 74.2 cm³/mol. The maximum atomic E-state index is 3.83. The lowest BCUT2D eigenvalue weighted by atomic mass is 9.85. The van der Waals surface area contributed by atoms with Gasteiger partial charge in [0.1, 0.15) is 0 Å². The average molecular weight is 231 g/mol. The van der Waals surface area contributed by atoms with Crippen LogP contribution in [0, 0.1) is 5.41 Å². The monoisotopic (exact) mass is 231 g/mol. The molecule has 1 aromatic rings. The lowest BCUT2D eigenvalue weighted by Gasteiger charge is -2.31. The first-order valence-corrected chi connectivity index (χ1v) is 6.88. The van der Waals surface area contributed by atoms with E-state index in [9.17, 15) is 0 Å². The molecule has 17 heavy (non-hydrogen) atoms. The summed E-state index contributed by atoms with van der Waals surface area (Å²) in [5.41, 5.74) is 3.38. The minimum absolute atomic E-state index is 0.339. The van der Waals surface area contributed by atoms with Crippen molar-refractivity contribution in [1.82, 2.24) is 5.32 Å². The Kier molecular flexibility index (Phi) is 3.58. The van der Waals surface area contributed by atoms with E-state index >= 15 is 0 Å². The minimum Gasteiger partial charge on any atom is -0.307 e. The fourth-order valence-corrected chi connectivity index (χ4v) is 3.11. The van der Waals surface area contributed by atoms with Crippen molar-refractivity contribution >= 4 is 0 Å². The highest BCUT2D eigenvalue weighted by Crippen LogP contribution is 2.45. The molecule has 2 atom stereocenters. The Morgan fingerprint density at radius 3 is 2.76 bits per heavy atom. The number of nitrogens with one attached hydrogen (secondary N) is 1. The second-order valence-corrected chi connectivity index (χ2v) is 6.15. The topological polar surface area (TPSA) is 12.0 Å². The molecule has 0 amide bonds. The third kappa shape index (κ3) is 2.55. The van der Waals surface area contributed by atoms with Gasteiger partial charge >= 0.3 is 0 Å². The molecule has 1 heteroatoms. The number of hydrogen-bond acceptors (Lipinski definition) is 1.